The van der Waals surface area contributed by atoms with Crippen molar-refractivity contribution in [3.8, 4) is 0 Å². The molecule has 0 rings (SSSR count). The number of allylic oxidation sites excluding steroid dienone is 2. The molecule has 0 aliphatic carbocycles. The molecule has 0 amide bonds. The normalized spacial score (nSPS) is 11.7. The van der Waals surface area contributed by atoms with E-state index >= 15 is 0 Å². The molecular formula is C13H23O. The number of carbonyl (C=O) groups excluding carboxylic acids is 1. The van der Waals surface area contributed by atoms with Gasteiger partial charge in [0.15, 0.2) is 0 Å². The van der Waals surface area contributed by atoms with Crippen LogP contribution in [0.3, 0.4) is 0 Å². The first-order valence-corrected chi connectivity index (χ1v) is 5.86. The average molecular weight is 195 g/mol. The number of hydrogen-bond donors (Lipinski definition) is 0. The van der Waals surface area contributed by atoms with Gasteiger partial charge in [0.25, 0.3) is 0 Å². The van der Waals surface area contributed by atoms with Crippen LogP contribution in [0, 0.1) is 0 Å². The molecule has 0 unspecified atom stereocenters. The van der Waals surface area contributed by atoms with E-state index in [2.05, 4.69) is 6.92 Å². The molecule has 1 nitrogen and oxygen atoms in total. The van der Waals surface area contributed by atoms with Crippen LogP contribution in [0.4, 0.5) is 0 Å². The maximum atomic E-state index is 10.1. The molecule has 0 heterocycles. The maximum absolute atomic E-state index is 10.1. The van der Waals surface area contributed by atoms with Crippen molar-refractivity contribution >= 4 is 6.29 Å². The molecule has 0 aliphatic heterocycles. The fraction of sp³-hybridized carbons (Fsp3) is 0.769. The third-order valence-corrected chi connectivity index (χ3v) is 2.42. The van der Waals surface area contributed by atoms with E-state index < -0.39 is 0 Å². The summed E-state index contributed by atoms with van der Waals surface area (Å²) in [5.41, 5.74) is 0.746. The average Bonchev–Trinajstić information content (AvgIpc) is 2.21. The molecule has 1 radical (unpaired) electrons. The zero-order valence-corrected chi connectivity index (χ0v) is 9.64. The lowest BCUT2D eigenvalue weighted by Crippen LogP contribution is -1.80. The van der Waals surface area contributed by atoms with Gasteiger partial charge < -0.3 is 0 Å². The highest BCUT2D eigenvalue weighted by atomic mass is 16.1. The van der Waals surface area contributed by atoms with Gasteiger partial charge in [0.05, 0.1) is 0 Å². The summed E-state index contributed by atoms with van der Waals surface area (Å²) in [5, 5.41) is 0. The third kappa shape index (κ3) is 9.50. The quantitative estimate of drug-likeness (QED) is 0.398. The first-order chi connectivity index (χ1) is 6.81. The van der Waals surface area contributed by atoms with E-state index in [4.69, 9.17) is 0 Å². The Balaban J connectivity index is 3.10. The van der Waals surface area contributed by atoms with Gasteiger partial charge in [-0.2, -0.15) is 0 Å². The van der Waals surface area contributed by atoms with Crippen molar-refractivity contribution in [1.82, 2.24) is 0 Å². The van der Waals surface area contributed by atoms with Crippen LogP contribution >= 0.6 is 0 Å². The van der Waals surface area contributed by atoms with E-state index in [1.54, 1.807) is 0 Å². The largest absolute Gasteiger partial charge is 0.285 e. The van der Waals surface area contributed by atoms with Gasteiger partial charge in [-0.15, -0.1) is 0 Å². The topological polar surface area (TPSA) is 17.1 Å². The Morgan fingerprint density at radius 3 is 2.21 bits per heavy atom. The van der Waals surface area contributed by atoms with Gasteiger partial charge in [-0.05, 0) is 25.3 Å². The van der Waals surface area contributed by atoms with Gasteiger partial charge in [0.1, 0.15) is 0 Å². The molecule has 0 aromatic carbocycles. The van der Waals surface area contributed by atoms with E-state index in [1.807, 2.05) is 19.3 Å². The van der Waals surface area contributed by atoms with Crippen LogP contribution in [-0.2, 0) is 4.79 Å². The second-order valence-corrected chi connectivity index (χ2v) is 3.90. The molecule has 0 saturated carbocycles. The first-order valence-electron chi connectivity index (χ1n) is 5.86. The molecule has 0 fully saturated rings. The number of hydrogen-bond acceptors (Lipinski definition) is 1. The van der Waals surface area contributed by atoms with Crippen LogP contribution in [0.5, 0.6) is 0 Å². The summed E-state index contributed by atoms with van der Waals surface area (Å²) in [7, 11) is 0. The van der Waals surface area contributed by atoms with Gasteiger partial charge in [0.2, 0.25) is 6.29 Å². The second kappa shape index (κ2) is 10.5. The van der Waals surface area contributed by atoms with E-state index in [-0.39, 0.29) is 0 Å². The van der Waals surface area contributed by atoms with E-state index in [1.165, 1.54) is 44.9 Å². The highest BCUT2D eigenvalue weighted by Gasteiger charge is 1.90. The monoisotopic (exact) mass is 195 g/mol. The molecule has 0 bridgehead atoms. The Bertz CT molecular complexity index is 159. The zero-order valence-electron chi connectivity index (χ0n) is 9.64. The summed E-state index contributed by atoms with van der Waals surface area (Å²) >= 11 is 0. The third-order valence-electron chi connectivity index (χ3n) is 2.42. The highest BCUT2D eigenvalue weighted by Crippen LogP contribution is 2.09. The van der Waals surface area contributed by atoms with Crippen LogP contribution in [-0.4, -0.2) is 6.29 Å². The van der Waals surface area contributed by atoms with Crippen molar-refractivity contribution in [3.63, 3.8) is 0 Å². The summed E-state index contributed by atoms with van der Waals surface area (Å²) in [5.74, 6) is 0. The predicted octanol–water partition coefficient (Wildman–Crippen LogP) is 4.18. The molecule has 14 heavy (non-hydrogen) atoms. The molecule has 0 spiro atoms. The van der Waals surface area contributed by atoms with Crippen molar-refractivity contribution in [1.29, 1.82) is 0 Å². The van der Waals surface area contributed by atoms with Crippen LogP contribution in [0.15, 0.2) is 11.6 Å². The smallest absolute Gasteiger partial charge is 0.228 e. The molecule has 0 aromatic rings. The van der Waals surface area contributed by atoms with Crippen molar-refractivity contribution in [3.05, 3.63) is 11.6 Å². The fourth-order valence-electron chi connectivity index (χ4n) is 1.46. The van der Waals surface area contributed by atoms with Gasteiger partial charge in [-0.1, -0.05) is 51.5 Å². The van der Waals surface area contributed by atoms with Gasteiger partial charge in [-0.3, -0.25) is 4.79 Å². The zero-order chi connectivity index (χ0) is 10.6. The van der Waals surface area contributed by atoms with Gasteiger partial charge in [0, 0.05) is 0 Å². The molecule has 0 N–H and O–H groups in total. The maximum Gasteiger partial charge on any atom is 0.228 e. The highest BCUT2D eigenvalue weighted by molar-refractivity contribution is 5.72. The molecule has 0 aliphatic rings. The standard InChI is InChI=1S/C13H23O/c1-3-4-5-6-7-8-9-10-11-13(2)12-14/h11H,3-10H2,1-2H3. The van der Waals surface area contributed by atoms with Gasteiger partial charge in [-0.25, -0.2) is 0 Å². The van der Waals surface area contributed by atoms with E-state index in [9.17, 15) is 4.79 Å². The van der Waals surface area contributed by atoms with Crippen LogP contribution < -0.4 is 0 Å². The molecule has 0 aromatic heterocycles. The van der Waals surface area contributed by atoms with Crippen molar-refractivity contribution < 1.29 is 4.79 Å². The Morgan fingerprint density at radius 2 is 1.64 bits per heavy atom. The molecule has 81 valence electrons. The Labute approximate surface area is 88.6 Å². The molecular weight excluding hydrogens is 172 g/mol. The lowest BCUT2D eigenvalue weighted by Gasteiger charge is -1.98. The molecule has 1 heteroatoms. The van der Waals surface area contributed by atoms with E-state index in [0.29, 0.717) is 0 Å². The summed E-state index contributed by atoms with van der Waals surface area (Å²) in [6.07, 6.45) is 14.2. The minimum atomic E-state index is 0.746. The molecule has 0 atom stereocenters. The first kappa shape index (κ1) is 13.4. The van der Waals surface area contributed by atoms with Gasteiger partial charge >= 0.3 is 0 Å². The Kier molecular flexibility index (Phi) is 10.0. The predicted molar refractivity (Wildman–Crippen MR) is 62.1 cm³/mol. The van der Waals surface area contributed by atoms with Crippen molar-refractivity contribution in [2.24, 2.45) is 0 Å². The van der Waals surface area contributed by atoms with Crippen molar-refractivity contribution in [2.45, 2.75) is 65.2 Å². The van der Waals surface area contributed by atoms with Crippen LogP contribution in [0.2, 0.25) is 0 Å². The lowest BCUT2D eigenvalue weighted by molar-refractivity contribution is 0.561. The Morgan fingerprint density at radius 1 is 1.07 bits per heavy atom. The summed E-state index contributed by atoms with van der Waals surface area (Å²) < 4.78 is 0. The minimum Gasteiger partial charge on any atom is -0.285 e. The molecule has 0 saturated heterocycles. The number of rotatable bonds is 9. The SMILES string of the molecule is CCCCCCCCCC=C(C)[C]=O. The number of unbranched alkanes of at least 4 members (excludes halogenated alkanes) is 7. The minimum absolute atomic E-state index is 0.746. The van der Waals surface area contributed by atoms with Crippen LogP contribution in [0.1, 0.15) is 65.2 Å². The summed E-state index contributed by atoms with van der Waals surface area (Å²) in [6, 6.07) is 0. The van der Waals surface area contributed by atoms with Crippen molar-refractivity contribution in [2.75, 3.05) is 0 Å². The second-order valence-electron chi connectivity index (χ2n) is 3.90. The lowest BCUT2D eigenvalue weighted by atomic mass is 10.1. The fourth-order valence-corrected chi connectivity index (χ4v) is 1.46. The summed E-state index contributed by atoms with van der Waals surface area (Å²) in [4.78, 5) is 10.1. The van der Waals surface area contributed by atoms with Crippen LogP contribution in [0.25, 0.3) is 0 Å². The Hall–Kier alpha value is -0.590. The summed E-state index contributed by atoms with van der Waals surface area (Å²) in [6.45, 7) is 4.05. The van der Waals surface area contributed by atoms with E-state index in [0.717, 1.165) is 12.0 Å².